The number of piperidine rings is 2. The van der Waals surface area contributed by atoms with Crippen molar-refractivity contribution in [2.45, 2.75) is 76.7 Å². The summed E-state index contributed by atoms with van der Waals surface area (Å²) in [4.78, 5) is 6.92. The first kappa shape index (κ1) is 14.1. The molecule has 2 fully saturated rings. The summed E-state index contributed by atoms with van der Waals surface area (Å²) in [5, 5.41) is 3.78. The van der Waals surface area contributed by atoms with Gasteiger partial charge in [-0.05, 0) is 39.2 Å². The highest BCUT2D eigenvalue weighted by Gasteiger charge is 2.35. The summed E-state index contributed by atoms with van der Waals surface area (Å²) in [5.74, 6) is 0. The molecule has 0 spiro atoms. The summed E-state index contributed by atoms with van der Waals surface area (Å²) in [6.45, 7) is 4.26. The summed E-state index contributed by atoms with van der Waals surface area (Å²) >= 11 is 0. The van der Waals surface area contributed by atoms with Crippen LogP contribution in [-0.2, 0) is 13.1 Å². The molecular formula is C16H28N4. The van der Waals surface area contributed by atoms with Crippen LogP contribution in [0.5, 0.6) is 0 Å². The van der Waals surface area contributed by atoms with E-state index in [0.717, 1.165) is 25.2 Å². The standard InChI is InChI=1S/C16H28N4/c1-3-7-20-12-17-10-16(20)11-18-13-8-14-5-4-6-15(9-13)19(14)2/h10,12-15,18H,3-9,11H2,1-2H3. The normalized spacial score (nSPS) is 30.6. The number of imidazole rings is 1. The lowest BCUT2D eigenvalue weighted by Gasteiger charge is -2.47. The van der Waals surface area contributed by atoms with Crippen molar-refractivity contribution < 1.29 is 0 Å². The molecule has 1 N–H and O–H groups in total. The molecule has 0 aliphatic carbocycles. The first-order chi connectivity index (χ1) is 9.78. The third kappa shape index (κ3) is 2.91. The minimum Gasteiger partial charge on any atom is -0.333 e. The average molecular weight is 276 g/mol. The van der Waals surface area contributed by atoms with Crippen LogP contribution in [0.15, 0.2) is 12.5 Å². The maximum Gasteiger partial charge on any atom is 0.0948 e. The van der Waals surface area contributed by atoms with Crippen molar-refractivity contribution in [3.8, 4) is 0 Å². The van der Waals surface area contributed by atoms with Gasteiger partial charge in [-0.2, -0.15) is 0 Å². The Hall–Kier alpha value is -0.870. The van der Waals surface area contributed by atoms with Crippen molar-refractivity contribution >= 4 is 0 Å². The maximum atomic E-state index is 4.29. The number of nitrogens with zero attached hydrogens (tertiary/aromatic N) is 3. The van der Waals surface area contributed by atoms with Crippen LogP contribution in [0.25, 0.3) is 0 Å². The second-order valence-corrected chi connectivity index (χ2v) is 6.53. The van der Waals surface area contributed by atoms with Gasteiger partial charge in [-0.15, -0.1) is 0 Å². The largest absolute Gasteiger partial charge is 0.333 e. The van der Waals surface area contributed by atoms with E-state index in [4.69, 9.17) is 0 Å². The summed E-state index contributed by atoms with van der Waals surface area (Å²) in [7, 11) is 2.32. The molecule has 4 heteroatoms. The van der Waals surface area contributed by atoms with Gasteiger partial charge >= 0.3 is 0 Å². The lowest BCUT2D eigenvalue weighted by atomic mass is 9.82. The number of rotatable bonds is 5. The fraction of sp³-hybridized carbons (Fsp3) is 0.812. The van der Waals surface area contributed by atoms with E-state index in [2.05, 4.69) is 33.7 Å². The molecule has 1 aromatic heterocycles. The molecule has 2 bridgehead atoms. The fourth-order valence-electron chi connectivity index (χ4n) is 3.97. The van der Waals surface area contributed by atoms with Crippen LogP contribution in [0.3, 0.4) is 0 Å². The minimum atomic E-state index is 0.687. The van der Waals surface area contributed by atoms with Crippen LogP contribution < -0.4 is 5.32 Å². The Labute approximate surface area is 122 Å². The molecule has 2 saturated heterocycles. The van der Waals surface area contributed by atoms with E-state index >= 15 is 0 Å². The highest BCUT2D eigenvalue weighted by atomic mass is 15.2. The highest BCUT2D eigenvalue weighted by Crippen LogP contribution is 2.32. The van der Waals surface area contributed by atoms with Gasteiger partial charge in [0.25, 0.3) is 0 Å². The number of nitrogens with one attached hydrogen (secondary N) is 1. The fourth-order valence-corrected chi connectivity index (χ4v) is 3.97. The SMILES string of the molecule is CCCn1cncc1CNC1CC2CCCC(C1)N2C. The summed E-state index contributed by atoms with van der Waals surface area (Å²) in [6.07, 6.45) is 12.0. The van der Waals surface area contributed by atoms with E-state index in [9.17, 15) is 0 Å². The summed E-state index contributed by atoms with van der Waals surface area (Å²) in [5.41, 5.74) is 1.33. The van der Waals surface area contributed by atoms with Gasteiger partial charge < -0.3 is 14.8 Å². The van der Waals surface area contributed by atoms with Crippen molar-refractivity contribution in [2.24, 2.45) is 0 Å². The quantitative estimate of drug-likeness (QED) is 0.896. The van der Waals surface area contributed by atoms with E-state index in [0.29, 0.717) is 6.04 Å². The Balaban J connectivity index is 1.55. The first-order valence-electron chi connectivity index (χ1n) is 8.22. The molecule has 2 atom stereocenters. The number of fused-ring (bicyclic) bond motifs is 2. The Morgan fingerprint density at radius 2 is 2.05 bits per heavy atom. The van der Waals surface area contributed by atoms with Crippen molar-refractivity contribution in [2.75, 3.05) is 7.05 Å². The van der Waals surface area contributed by atoms with Gasteiger partial charge in [0.15, 0.2) is 0 Å². The van der Waals surface area contributed by atoms with Gasteiger partial charge in [0.1, 0.15) is 0 Å². The Morgan fingerprint density at radius 1 is 1.30 bits per heavy atom. The molecule has 2 aliphatic heterocycles. The predicted octanol–water partition coefficient (Wildman–Crippen LogP) is 2.40. The molecule has 0 radical (unpaired) electrons. The number of hydrogen-bond acceptors (Lipinski definition) is 3. The molecular weight excluding hydrogens is 248 g/mol. The third-order valence-corrected chi connectivity index (χ3v) is 5.17. The lowest BCUT2D eigenvalue weighted by molar-refractivity contribution is 0.0481. The van der Waals surface area contributed by atoms with E-state index in [1.54, 1.807) is 0 Å². The van der Waals surface area contributed by atoms with Crippen molar-refractivity contribution in [3.63, 3.8) is 0 Å². The molecule has 0 amide bonds. The number of aryl methyl sites for hydroxylation is 1. The van der Waals surface area contributed by atoms with Crippen LogP contribution in [0.4, 0.5) is 0 Å². The van der Waals surface area contributed by atoms with E-state index in [1.165, 1.54) is 44.2 Å². The van der Waals surface area contributed by atoms with Gasteiger partial charge in [-0.3, -0.25) is 0 Å². The Bertz CT molecular complexity index is 414. The molecule has 0 aromatic carbocycles. The monoisotopic (exact) mass is 276 g/mol. The zero-order chi connectivity index (χ0) is 13.9. The lowest BCUT2D eigenvalue weighted by Crippen LogP contribution is -2.54. The van der Waals surface area contributed by atoms with Gasteiger partial charge in [0.05, 0.1) is 12.0 Å². The molecule has 3 heterocycles. The predicted molar refractivity (Wildman–Crippen MR) is 81.6 cm³/mol. The highest BCUT2D eigenvalue weighted by molar-refractivity contribution is 5.00. The summed E-state index contributed by atoms with van der Waals surface area (Å²) < 4.78 is 2.28. The van der Waals surface area contributed by atoms with Crippen LogP contribution in [0.2, 0.25) is 0 Å². The maximum absolute atomic E-state index is 4.29. The smallest absolute Gasteiger partial charge is 0.0948 e. The van der Waals surface area contributed by atoms with Gasteiger partial charge in [-0.1, -0.05) is 13.3 Å². The number of hydrogen-bond donors (Lipinski definition) is 1. The molecule has 112 valence electrons. The molecule has 1 aromatic rings. The van der Waals surface area contributed by atoms with Crippen molar-refractivity contribution in [1.29, 1.82) is 0 Å². The Morgan fingerprint density at radius 3 is 2.75 bits per heavy atom. The zero-order valence-electron chi connectivity index (χ0n) is 12.9. The van der Waals surface area contributed by atoms with Crippen molar-refractivity contribution in [1.82, 2.24) is 19.8 Å². The summed E-state index contributed by atoms with van der Waals surface area (Å²) in [6, 6.07) is 2.30. The van der Waals surface area contributed by atoms with Crippen LogP contribution >= 0.6 is 0 Å². The molecule has 3 rings (SSSR count). The van der Waals surface area contributed by atoms with Crippen LogP contribution in [-0.4, -0.2) is 39.6 Å². The van der Waals surface area contributed by atoms with Gasteiger partial charge in [-0.25, -0.2) is 4.98 Å². The molecule has 20 heavy (non-hydrogen) atoms. The topological polar surface area (TPSA) is 33.1 Å². The number of aromatic nitrogens is 2. The van der Waals surface area contributed by atoms with Crippen molar-refractivity contribution in [3.05, 3.63) is 18.2 Å². The first-order valence-corrected chi connectivity index (χ1v) is 8.22. The minimum absolute atomic E-state index is 0.687. The second-order valence-electron chi connectivity index (χ2n) is 6.53. The van der Waals surface area contributed by atoms with Crippen LogP contribution in [0.1, 0.15) is 51.1 Å². The van der Waals surface area contributed by atoms with Gasteiger partial charge in [0.2, 0.25) is 0 Å². The molecule has 2 aliphatic rings. The van der Waals surface area contributed by atoms with Gasteiger partial charge in [0, 0.05) is 37.4 Å². The second kappa shape index (κ2) is 6.27. The third-order valence-electron chi connectivity index (χ3n) is 5.17. The zero-order valence-corrected chi connectivity index (χ0v) is 12.9. The average Bonchev–Trinajstić information content (AvgIpc) is 2.85. The van der Waals surface area contributed by atoms with E-state index < -0.39 is 0 Å². The molecule has 4 nitrogen and oxygen atoms in total. The van der Waals surface area contributed by atoms with Crippen LogP contribution in [0, 0.1) is 0 Å². The Kier molecular flexibility index (Phi) is 4.41. The van der Waals surface area contributed by atoms with E-state index in [1.807, 2.05) is 12.5 Å². The molecule has 0 saturated carbocycles. The molecule has 2 unspecified atom stereocenters. The van der Waals surface area contributed by atoms with E-state index in [-0.39, 0.29) is 0 Å².